The Morgan fingerprint density at radius 3 is 2.15 bits per heavy atom. The molecule has 1 aromatic heterocycles. The first-order chi connectivity index (χ1) is 12.7. The average Bonchev–Trinajstić information content (AvgIpc) is 2.65. The maximum Gasteiger partial charge on any atom is 0.416 e. The summed E-state index contributed by atoms with van der Waals surface area (Å²) in [6, 6.07) is 5.84. The molecule has 0 atom stereocenters. The number of benzene rings is 2. The summed E-state index contributed by atoms with van der Waals surface area (Å²) >= 11 is 0. The predicted molar refractivity (Wildman–Crippen MR) is 92.0 cm³/mol. The number of alkyl halides is 3. The molecule has 8 heteroatoms. The van der Waals surface area contributed by atoms with E-state index in [0.29, 0.717) is 0 Å². The normalized spacial score (nSPS) is 11.1. The topological polar surface area (TPSA) is 56.0 Å². The van der Waals surface area contributed by atoms with Gasteiger partial charge in [-0.25, -0.2) is 8.78 Å². The van der Waals surface area contributed by atoms with Crippen LogP contribution in [-0.4, -0.2) is 10.9 Å². The van der Waals surface area contributed by atoms with Gasteiger partial charge in [0, 0.05) is 17.1 Å². The van der Waals surface area contributed by atoms with Crippen LogP contribution in [0.25, 0.3) is 22.0 Å². The number of nitrogens with zero attached hydrogens (tertiary/aromatic N) is 1. The highest BCUT2D eigenvalue weighted by Crippen LogP contribution is 2.34. The van der Waals surface area contributed by atoms with Crippen LogP contribution in [0.1, 0.15) is 29.8 Å². The monoisotopic (exact) mass is 382 g/mol. The number of halogens is 5. The molecule has 1 heterocycles. The van der Waals surface area contributed by atoms with Crippen LogP contribution >= 0.6 is 0 Å². The molecular weight excluding hydrogens is 367 g/mol. The van der Waals surface area contributed by atoms with E-state index in [9.17, 15) is 26.7 Å². The standard InChI is InChI=1S/C17H9F5N2O.C2H6/c18-13-6-11(8-1-3-10(4-2-8)17(20,21)22)15-12(14(13)19)5-9(7-24-15)16(23)25;1-2/h1-7H,(H2,23,25);1-2H3. The van der Waals surface area contributed by atoms with Crippen LogP contribution in [-0.2, 0) is 6.18 Å². The fourth-order valence-electron chi connectivity index (χ4n) is 2.43. The molecule has 2 aromatic carbocycles. The molecule has 0 saturated carbocycles. The second-order valence-electron chi connectivity index (χ2n) is 5.28. The smallest absolute Gasteiger partial charge is 0.366 e. The Kier molecular flexibility index (Phi) is 5.78. The zero-order valence-electron chi connectivity index (χ0n) is 14.4. The zero-order chi connectivity index (χ0) is 20.4. The maximum absolute atomic E-state index is 14.0. The molecular formula is C19H15F5N2O. The molecule has 3 nitrogen and oxygen atoms in total. The van der Waals surface area contributed by atoms with Crippen LogP contribution < -0.4 is 5.73 Å². The number of carbonyl (C=O) groups excluding carboxylic acids is 1. The Hall–Kier alpha value is -3.03. The summed E-state index contributed by atoms with van der Waals surface area (Å²) < 4.78 is 65.9. The van der Waals surface area contributed by atoms with E-state index >= 15 is 0 Å². The van der Waals surface area contributed by atoms with E-state index in [4.69, 9.17) is 5.73 Å². The van der Waals surface area contributed by atoms with E-state index in [1.165, 1.54) is 0 Å². The largest absolute Gasteiger partial charge is 0.416 e. The van der Waals surface area contributed by atoms with Crippen molar-refractivity contribution in [2.75, 3.05) is 0 Å². The molecule has 0 fully saturated rings. The van der Waals surface area contributed by atoms with Crippen molar-refractivity contribution in [3.05, 3.63) is 65.4 Å². The highest BCUT2D eigenvalue weighted by molar-refractivity contribution is 6.00. The maximum atomic E-state index is 14.0. The number of fused-ring (bicyclic) bond motifs is 1. The third kappa shape index (κ3) is 4.05. The summed E-state index contributed by atoms with van der Waals surface area (Å²) in [5.41, 5.74) is 4.43. The summed E-state index contributed by atoms with van der Waals surface area (Å²) in [6.07, 6.45) is -3.42. The number of amides is 1. The van der Waals surface area contributed by atoms with Gasteiger partial charge in [0.1, 0.15) is 0 Å². The lowest BCUT2D eigenvalue weighted by Crippen LogP contribution is -2.11. The molecule has 142 valence electrons. The third-order valence-corrected chi connectivity index (χ3v) is 3.67. The van der Waals surface area contributed by atoms with Crippen molar-refractivity contribution in [2.24, 2.45) is 5.73 Å². The first-order valence-electron chi connectivity index (χ1n) is 7.93. The van der Waals surface area contributed by atoms with Crippen LogP contribution in [0, 0.1) is 11.6 Å². The van der Waals surface area contributed by atoms with Crippen molar-refractivity contribution in [3.8, 4) is 11.1 Å². The van der Waals surface area contributed by atoms with Gasteiger partial charge in [0.05, 0.1) is 16.6 Å². The number of aromatic nitrogens is 1. The quantitative estimate of drug-likeness (QED) is 0.610. The molecule has 0 bridgehead atoms. The van der Waals surface area contributed by atoms with Gasteiger partial charge in [-0.1, -0.05) is 26.0 Å². The SMILES string of the molecule is CC.NC(=O)c1cnc2c(-c3ccc(C(F)(F)F)cc3)cc(F)c(F)c2c1. The summed E-state index contributed by atoms with van der Waals surface area (Å²) in [5, 5.41) is -0.286. The summed E-state index contributed by atoms with van der Waals surface area (Å²) in [7, 11) is 0. The van der Waals surface area contributed by atoms with E-state index in [1.807, 2.05) is 13.8 Å². The van der Waals surface area contributed by atoms with Crippen LogP contribution in [0.3, 0.4) is 0 Å². The highest BCUT2D eigenvalue weighted by atomic mass is 19.4. The Morgan fingerprint density at radius 1 is 1.04 bits per heavy atom. The van der Waals surface area contributed by atoms with Crippen molar-refractivity contribution in [1.29, 1.82) is 0 Å². The molecule has 0 aliphatic heterocycles. The van der Waals surface area contributed by atoms with Crippen LogP contribution in [0.4, 0.5) is 22.0 Å². The van der Waals surface area contributed by atoms with E-state index in [0.717, 1.165) is 42.6 Å². The lowest BCUT2D eigenvalue weighted by atomic mass is 9.99. The fraction of sp³-hybridized carbons (Fsp3) is 0.158. The van der Waals surface area contributed by atoms with Crippen LogP contribution in [0.5, 0.6) is 0 Å². The molecule has 0 saturated heterocycles. The number of primary amides is 1. The van der Waals surface area contributed by atoms with Gasteiger partial charge in [-0.15, -0.1) is 0 Å². The van der Waals surface area contributed by atoms with Gasteiger partial charge in [-0.2, -0.15) is 13.2 Å². The highest BCUT2D eigenvalue weighted by Gasteiger charge is 2.30. The number of pyridine rings is 1. The first-order valence-corrected chi connectivity index (χ1v) is 7.93. The number of hydrogen-bond donors (Lipinski definition) is 1. The average molecular weight is 382 g/mol. The van der Waals surface area contributed by atoms with E-state index < -0.39 is 29.3 Å². The molecule has 1 amide bonds. The first kappa shape index (κ1) is 20.3. The lowest BCUT2D eigenvalue weighted by molar-refractivity contribution is -0.137. The molecule has 0 spiro atoms. The summed E-state index contributed by atoms with van der Waals surface area (Å²) in [4.78, 5) is 15.1. The molecule has 0 radical (unpaired) electrons. The van der Waals surface area contributed by atoms with Gasteiger partial charge >= 0.3 is 6.18 Å². The Morgan fingerprint density at radius 2 is 1.63 bits per heavy atom. The molecule has 27 heavy (non-hydrogen) atoms. The Bertz CT molecular complexity index is 982. The molecule has 0 aliphatic carbocycles. The lowest BCUT2D eigenvalue weighted by Gasteiger charge is -2.11. The van der Waals surface area contributed by atoms with Crippen molar-refractivity contribution >= 4 is 16.8 Å². The van der Waals surface area contributed by atoms with Gasteiger partial charge in [-0.3, -0.25) is 9.78 Å². The van der Waals surface area contributed by atoms with E-state index in [2.05, 4.69) is 4.98 Å². The zero-order valence-corrected chi connectivity index (χ0v) is 14.4. The van der Waals surface area contributed by atoms with Crippen molar-refractivity contribution in [3.63, 3.8) is 0 Å². The Balaban J connectivity index is 0.00000126. The van der Waals surface area contributed by atoms with Crippen LogP contribution in [0.15, 0.2) is 42.6 Å². The fourth-order valence-corrected chi connectivity index (χ4v) is 2.43. The molecule has 3 aromatic rings. The Labute approximate surface area is 151 Å². The van der Waals surface area contributed by atoms with Crippen molar-refractivity contribution in [2.45, 2.75) is 20.0 Å². The van der Waals surface area contributed by atoms with Crippen molar-refractivity contribution in [1.82, 2.24) is 4.98 Å². The number of nitrogens with two attached hydrogens (primary N) is 1. The third-order valence-electron chi connectivity index (χ3n) is 3.67. The molecule has 2 N–H and O–H groups in total. The van der Waals surface area contributed by atoms with Gasteiger partial charge < -0.3 is 5.73 Å². The summed E-state index contributed by atoms with van der Waals surface area (Å²) in [6.45, 7) is 4.00. The molecule has 0 aliphatic rings. The number of rotatable bonds is 2. The second-order valence-corrected chi connectivity index (χ2v) is 5.28. The van der Waals surface area contributed by atoms with E-state index in [-0.39, 0.29) is 27.6 Å². The van der Waals surface area contributed by atoms with Gasteiger partial charge in [-0.05, 0) is 29.8 Å². The van der Waals surface area contributed by atoms with Crippen LogP contribution in [0.2, 0.25) is 0 Å². The summed E-state index contributed by atoms with van der Waals surface area (Å²) in [5.74, 6) is -3.30. The van der Waals surface area contributed by atoms with Gasteiger partial charge in [0.25, 0.3) is 0 Å². The number of carbonyl (C=O) groups is 1. The minimum atomic E-state index is -4.51. The van der Waals surface area contributed by atoms with Gasteiger partial charge in [0.2, 0.25) is 5.91 Å². The van der Waals surface area contributed by atoms with Crippen molar-refractivity contribution < 1.29 is 26.7 Å². The molecule has 3 rings (SSSR count). The van der Waals surface area contributed by atoms with E-state index in [1.54, 1.807) is 0 Å². The minimum Gasteiger partial charge on any atom is -0.366 e. The minimum absolute atomic E-state index is 0.00339. The second kappa shape index (κ2) is 7.69. The number of hydrogen-bond acceptors (Lipinski definition) is 2. The molecule has 0 unspecified atom stereocenters. The predicted octanol–water partition coefficient (Wildman–Crippen LogP) is 5.32. The van der Waals surface area contributed by atoms with Gasteiger partial charge in [0.15, 0.2) is 11.6 Å².